The topological polar surface area (TPSA) is 72.5 Å². The average molecular weight is 380 g/mol. The molecule has 2 aromatic rings. The van der Waals surface area contributed by atoms with Gasteiger partial charge in [0, 0.05) is 10.6 Å². The minimum atomic E-state index is -1.27. The Bertz CT molecular complexity index is 767. The lowest BCUT2D eigenvalue weighted by atomic mass is 10.1. The Morgan fingerprint density at radius 2 is 1.76 bits per heavy atom. The van der Waals surface area contributed by atoms with E-state index in [1.165, 1.54) is 7.11 Å². The van der Waals surface area contributed by atoms with Crippen molar-refractivity contribution in [1.29, 1.82) is 0 Å². The minimum Gasteiger partial charge on any atom is -0.467 e. The molecule has 25 heavy (non-hydrogen) atoms. The van der Waals surface area contributed by atoms with Crippen LogP contribution in [0.2, 0.25) is 5.02 Å². The molecule has 0 heterocycles. The monoisotopic (exact) mass is 379 g/mol. The molecule has 0 radical (unpaired) electrons. The lowest BCUT2D eigenvalue weighted by Crippen LogP contribution is -2.42. The first-order valence-electron chi connectivity index (χ1n) is 7.59. The van der Waals surface area contributed by atoms with E-state index < -0.39 is 28.7 Å². The van der Waals surface area contributed by atoms with Gasteiger partial charge in [-0.25, -0.2) is 4.79 Å². The maximum absolute atomic E-state index is 12.3. The fraction of sp³-hybridized carbons (Fsp3) is 0.222. The van der Waals surface area contributed by atoms with Gasteiger partial charge in [-0.1, -0.05) is 41.9 Å². The molecule has 5 nitrogen and oxygen atoms in total. The molecular weight excluding hydrogens is 362 g/mol. The third-order valence-electron chi connectivity index (χ3n) is 3.51. The molecule has 0 fully saturated rings. The van der Waals surface area contributed by atoms with Gasteiger partial charge in [0.05, 0.1) is 28.5 Å². The van der Waals surface area contributed by atoms with Crippen molar-refractivity contribution in [2.75, 3.05) is 12.9 Å². The number of benzene rings is 2. The Morgan fingerprint density at radius 3 is 2.40 bits per heavy atom. The zero-order chi connectivity index (χ0) is 18.2. The molecule has 0 aromatic heterocycles. The molecule has 1 N–H and O–H groups in total. The van der Waals surface area contributed by atoms with E-state index >= 15 is 0 Å². The predicted octanol–water partition coefficient (Wildman–Crippen LogP) is 2.81. The van der Waals surface area contributed by atoms with Gasteiger partial charge in [-0.3, -0.25) is 9.00 Å². The molecule has 0 aliphatic carbocycles. The Labute approximate surface area is 153 Å². The number of hydrogen-bond acceptors (Lipinski definition) is 4. The number of amides is 1. The summed E-state index contributed by atoms with van der Waals surface area (Å²) in [6.07, 6.45) is 0.185. The van der Waals surface area contributed by atoms with Gasteiger partial charge >= 0.3 is 5.97 Å². The number of rotatable bonds is 7. The third kappa shape index (κ3) is 5.41. The second-order valence-electron chi connectivity index (χ2n) is 5.18. The molecular formula is C18H18ClNO4S. The third-order valence-corrected chi connectivity index (χ3v) is 5.24. The SMILES string of the molecule is COC(=O)[C@H](CC[S@@](=O)c1ccccc1)NC(=O)c1ccccc1Cl. The second-order valence-corrected chi connectivity index (χ2v) is 7.16. The number of nitrogens with one attached hydrogen (secondary N) is 1. The lowest BCUT2D eigenvalue weighted by Gasteiger charge is -2.16. The fourth-order valence-electron chi connectivity index (χ4n) is 2.19. The first-order chi connectivity index (χ1) is 12.0. The maximum atomic E-state index is 12.3. The first-order valence-corrected chi connectivity index (χ1v) is 9.29. The highest BCUT2D eigenvalue weighted by Gasteiger charge is 2.23. The van der Waals surface area contributed by atoms with Gasteiger partial charge in [0.15, 0.2) is 0 Å². The van der Waals surface area contributed by atoms with Crippen LogP contribution in [0.5, 0.6) is 0 Å². The van der Waals surface area contributed by atoms with E-state index in [9.17, 15) is 13.8 Å². The van der Waals surface area contributed by atoms with Crippen LogP contribution in [0.15, 0.2) is 59.5 Å². The van der Waals surface area contributed by atoms with E-state index in [1.54, 1.807) is 48.5 Å². The smallest absolute Gasteiger partial charge is 0.328 e. The van der Waals surface area contributed by atoms with Crippen LogP contribution in [0.25, 0.3) is 0 Å². The van der Waals surface area contributed by atoms with Crippen LogP contribution >= 0.6 is 11.6 Å². The van der Waals surface area contributed by atoms with Crippen LogP contribution in [0.4, 0.5) is 0 Å². The summed E-state index contributed by atoms with van der Waals surface area (Å²) in [4.78, 5) is 24.9. The molecule has 7 heteroatoms. The highest BCUT2D eigenvalue weighted by atomic mass is 35.5. The molecule has 0 aliphatic rings. The Hall–Kier alpha value is -2.18. The molecule has 0 bridgehead atoms. The van der Waals surface area contributed by atoms with Gasteiger partial charge in [-0.05, 0) is 30.7 Å². The van der Waals surface area contributed by atoms with E-state index in [0.29, 0.717) is 4.90 Å². The minimum absolute atomic E-state index is 0.185. The van der Waals surface area contributed by atoms with Crippen molar-refractivity contribution in [3.8, 4) is 0 Å². The van der Waals surface area contributed by atoms with E-state index in [2.05, 4.69) is 5.32 Å². The molecule has 0 saturated heterocycles. The van der Waals surface area contributed by atoms with Crippen LogP contribution in [0.3, 0.4) is 0 Å². The van der Waals surface area contributed by atoms with Gasteiger partial charge in [-0.2, -0.15) is 0 Å². The van der Waals surface area contributed by atoms with Crippen molar-refractivity contribution in [3.05, 3.63) is 65.2 Å². The molecule has 0 saturated carbocycles. The fourth-order valence-corrected chi connectivity index (χ4v) is 3.56. The predicted molar refractivity (Wildman–Crippen MR) is 97.1 cm³/mol. The number of methoxy groups -OCH3 is 1. The van der Waals surface area contributed by atoms with Crippen LogP contribution in [-0.2, 0) is 20.3 Å². The average Bonchev–Trinajstić information content (AvgIpc) is 2.65. The summed E-state index contributed by atoms with van der Waals surface area (Å²) in [6.45, 7) is 0. The summed E-state index contributed by atoms with van der Waals surface area (Å²) in [5.74, 6) is -0.857. The first kappa shape index (κ1) is 19.1. The van der Waals surface area contributed by atoms with Gasteiger partial charge in [0.1, 0.15) is 6.04 Å². The summed E-state index contributed by atoms with van der Waals surface area (Å²) >= 11 is 6.00. The molecule has 0 aliphatic heterocycles. The molecule has 0 spiro atoms. The van der Waals surface area contributed by atoms with Crippen molar-refractivity contribution in [2.24, 2.45) is 0 Å². The maximum Gasteiger partial charge on any atom is 0.328 e. The zero-order valence-electron chi connectivity index (χ0n) is 13.6. The number of carbonyl (C=O) groups excluding carboxylic acids is 2. The highest BCUT2D eigenvalue weighted by Crippen LogP contribution is 2.15. The number of esters is 1. The summed E-state index contributed by atoms with van der Waals surface area (Å²) in [5.41, 5.74) is 0.266. The van der Waals surface area contributed by atoms with Crippen LogP contribution in [0.1, 0.15) is 16.8 Å². The molecule has 0 unspecified atom stereocenters. The zero-order valence-corrected chi connectivity index (χ0v) is 15.2. The van der Waals surface area contributed by atoms with Crippen molar-refractivity contribution < 1.29 is 18.5 Å². The van der Waals surface area contributed by atoms with Gasteiger partial charge < -0.3 is 10.1 Å². The summed E-state index contributed by atoms with van der Waals surface area (Å²) in [6, 6.07) is 14.6. The Kier molecular flexibility index (Phi) is 7.16. The second kappa shape index (κ2) is 9.34. The van der Waals surface area contributed by atoms with Crippen LogP contribution in [-0.4, -0.2) is 35.0 Å². The van der Waals surface area contributed by atoms with E-state index in [-0.39, 0.29) is 22.8 Å². The molecule has 2 aromatic carbocycles. The van der Waals surface area contributed by atoms with Gasteiger partial charge in [-0.15, -0.1) is 0 Å². The van der Waals surface area contributed by atoms with Gasteiger partial charge in [0.2, 0.25) is 0 Å². The molecule has 132 valence electrons. The number of ether oxygens (including phenoxy) is 1. The molecule has 1 amide bonds. The summed E-state index contributed by atoms with van der Waals surface area (Å²) in [7, 11) is -0.0301. The van der Waals surface area contributed by atoms with Crippen molar-refractivity contribution >= 4 is 34.3 Å². The van der Waals surface area contributed by atoms with Crippen LogP contribution in [0, 0.1) is 0 Å². The number of hydrogen-bond donors (Lipinski definition) is 1. The standard InChI is InChI=1S/C18H18ClNO4S/c1-24-18(22)16(11-12-25(23)13-7-3-2-4-8-13)20-17(21)14-9-5-6-10-15(14)19/h2-10,16H,11-12H2,1H3,(H,20,21)/t16-,25+/m0/s1. The largest absolute Gasteiger partial charge is 0.467 e. The molecule has 2 atom stereocenters. The van der Waals surface area contributed by atoms with Crippen molar-refractivity contribution in [1.82, 2.24) is 5.32 Å². The van der Waals surface area contributed by atoms with E-state index in [4.69, 9.17) is 16.3 Å². The Balaban J connectivity index is 2.04. The summed E-state index contributed by atoms with van der Waals surface area (Å²) in [5, 5.41) is 2.89. The molecule has 2 rings (SSSR count). The Morgan fingerprint density at radius 1 is 1.12 bits per heavy atom. The normalized spacial score (nSPS) is 12.9. The lowest BCUT2D eigenvalue weighted by molar-refractivity contribution is -0.142. The highest BCUT2D eigenvalue weighted by molar-refractivity contribution is 7.85. The summed E-state index contributed by atoms with van der Waals surface area (Å²) < 4.78 is 17.0. The quantitative estimate of drug-likeness (QED) is 0.751. The van der Waals surface area contributed by atoms with Gasteiger partial charge in [0.25, 0.3) is 5.91 Å². The number of carbonyl (C=O) groups is 2. The van der Waals surface area contributed by atoms with E-state index in [0.717, 1.165) is 0 Å². The van der Waals surface area contributed by atoms with Crippen molar-refractivity contribution in [2.45, 2.75) is 17.4 Å². The van der Waals surface area contributed by atoms with Crippen molar-refractivity contribution in [3.63, 3.8) is 0 Å². The number of halogens is 1. The van der Waals surface area contributed by atoms with E-state index in [1.807, 2.05) is 6.07 Å². The van der Waals surface area contributed by atoms with Crippen LogP contribution < -0.4 is 5.32 Å².